The Balaban J connectivity index is 1.97. The molecule has 0 bridgehead atoms. The van der Waals surface area contributed by atoms with Gasteiger partial charge >= 0.3 is 0 Å². The summed E-state index contributed by atoms with van der Waals surface area (Å²) in [5.74, 6) is 0.240. The lowest BCUT2D eigenvalue weighted by molar-refractivity contribution is 0.0784. The third-order valence-electron chi connectivity index (χ3n) is 4.44. The van der Waals surface area contributed by atoms with Gasteiger partial charge in [0, 0.05) is 41.9 Å². The number of amides is 1. The average Bonchev–Trinajstić information content (AvgIpc) is 3.01. The highest BCUT2D eigenvalue weighted by Crippen LogP contribution is 2.35. The Kier molecular flexibility index (Phi) is 5.77. The van der Waals surface area contributed by atoms with Crippen molar-refractivity contribution >= 4 is 27.3 Å². The molecule has 0 saturated carbocycles. The quantitative estimate of drug-likeness (QED) is 0.611. The summed E-state index contributed by atoms with van der Waals surface area (Å²) in [4.78, 5) is 15.3. The van der Waals surface area contributed by atoms with E-state index >= 15 is 0 Å². The van der Waals surface area contributed by atoms with Gasteiger partial charge in [-0.1, -0.05) is 23.8 Å². The zero-order chi connectivity index (χ0) is 19.6. The molecule has 0 radical (unpaired) electrons. The Morgan fingerprint density at radius 1 is 1.22 bits per heavy atom. The molecule has 0 spiro atoms. The zero-order valence-electron chi connectivity index (χ0n) is 15.8. The van der Waals surface area contributed by atoms with Crippen LogP contribution in [-0.2, 0) is 17.9 Å². The molecule has 1 amide bonds. The Hall–Kier alpha value is -2.44. The Morgan fingerprint density at radius 3 is 2.70 bits per heavy atom. The molecule has 0 saturated heterocycles. The molecule has 0 unspecified atom stereocenters. The van der Waals surface area contributed by atoms with E-state index in [1.165, 1.54) is 17.4 Å². The van der Waals surface area contributed by atoms with Gasteiger partial charge in [0.25, 0.3) is 5.91 Å². The lowest BCUT2D eigenvalue weighted by Gasteiger charge is -2.19. The number of thiophene rings is 1. The van der Waals surface area contributed by atoms with Crippen molar-refractivity contribution in [2.45, 2.75) is 20.1 Å². The van der Waals surface area contributed by atoms with Crippen LogP contribution in [0, 0.1) is 12.7 Å². The number of rotatable bonds is 6. The number of methoxy groups -OCH3 is 2. The van der Waals surface area contributed by atoms with Crippen molar-refractivity contribution in [3.63, 3.8) is 0 Å². The minimum atomic E-state index is -0.335. The van der Waals surface area contributed by atoms with Crippen molar-refractivity contribution in [3.8, 4) is 5.75 Å². The second-order valence-electron chi connectivity index (χ2n) is 6.43. The van der Waals surface area contributed by atoms with E-state index < -0.39 is 0 Å². The molecule has 0 fully saturated rings. The van der Waals surface area contributed by atoms with Gasteiger partial charge in [-0.15, -0.1) is 11.3 Å². The first kappa shape index (κ1) is 19.3. The highest BCUT2D eigenvalue weighted by atomic mass is 32.1. The summed E-state index contributed by atoms with van der Waals surface area (Å²) >= 11 is 1.30. The van der Waals surface area contributed by atoms with Crippen molar-refractivity contribution in [1.29, 1.82) is 0 Å². The number of aryl methyl sites for hydroxylation is 1. The van der Waals surface area contributed by atoms with Crippen LogP contribution in [0.2, 0.25) is 0 Å². The smallest absolute Gasteiger partial charge is 0.264 e. The molecule has 0 aliphatic carbocycles. The van der Waals surface area contributed by atoms with E-state index in [4.69, 9.17) is 9.47 Å². The van der Waals surface area contributed by atoms with Crippen molar-refractivity contribution in [2.24, 2.45) is 0 Å². The first-order valence-corrected chi connectivity index (χ1v) is 9.35. The third-order valence-corrected chi connectivity index (χ3v) is 5.62. The van der Waals surface area contributed by atoms with E-state index in [-0.39, 0.29) is 18.3 Å². The molecule has 27 heavy (non-hydrogen) atoms. The number of carbonyl (C=O) groups excluding carboxylic acids is 1. The van der Waals surface area contributed by atoms with Crippen LogP contribution < -0.4 is 4.74 Å². The van der Waals surface area contributed by atoms with Crippen LogP contribution in [-0.4, -0.2) is 32.1 Å². The number of fused-ring (bicyclic) bond motifs is 1. The lowest BCUT2D eigenvalue weighted by Crippen LogP contribution is -2.26. The van der Waals surface area contributed by atoms with Gasteiger partial charge in [0.1, 0.15) is 11.6 Å². The fourth-order valence-electron chi connectivity index (χ4n) is 3.15. The predicted octanol–water partition coefficient (Wildman–Crippen LogP) is 4.78. The predicted molar refractivity (Wildman–Crippen MR) is 106 cm³/mol. The molecule has 1 aromatic heterocycles. The monoisotopic (exact) mass is 387 g/mol. The molecular formula is C21H22FNO3S. The molecule has 0 aliphatic heterocycles. The standard InChI is InChI=1S/C21H22FNO3S/c1-13-8-9-17(26-4)14(10-13)11-23(2)21(24)20-15(12-25-3)19-16(22)6-5-7-18(19)27-20/h5-10H,11-12H2,1-4H3. The molecule has 2 aromatic carbocycles. The van der Waals surface area contributed by atoms with Gasteiger partial charge in [-0.25, -0.2) is 4.39 Å². The highest BCUT2D eigenvalue weighted by Gasteiger charge is 2.23. The molecule has 142 valence electrons. The summed E-state index contributed by atoms with van der Waals surface area (Å²) in [6.45, 7) is 2.58. The number of hydrogen-bond acceptors (Lipinski definition) is 4. The molecule has 0 aliphatic rings. The molecular weight excluding hydrogens is 365 g/mol. The SMILES string of the molecule is COCc1c(C(=O)N(C)Cc2cc(C)ccc2OC)sc2cccc(F)c12. The van der Waals surface area contributed by atoms with Gasteiger partial charge in [-0.05, 0) is 25.1 Å². The van der Waals surface area contributed by atoms with Crippen LogP contribution in [0.5, 0.6) is 5.75 Å². The Bertz CT molecular complexity index is 983. The van der Waals surface area contributed by atoms with Crippen molar-refractivity contribution in [2.75, 3.05) is 21.3 Å². The van der Waals surface area contributed by atoms with Gasteiger partial charge < -0.3 is 14.4 Å². The summed E-state index contributed by atoms with van der Waals surface area (Å²) in [5, 5.41) is 0.467. The molecule has 4 nitrogen and oxygen atoms in total. The Labute approximate surface area is 162 Å². The van der Waals surface area contributed by atoms with Crippen molar-refractivity contribution in [1.82, 2.24) is 4.90 Å². The van der Waals surface area contributed by atoms with Crippen molar-refractivity contribution < 1.29 is 18.7 Å². The Morgan fingerprint density at radius 2 is 2.00 bits per heavy atom. The van der Waals surface area contributed by atoms with E-state index in [2.05, 4.69) is 0 Å². The molecule has 3 rings (SSSR count). The van der Waals surface area contributed by atoms with E-state index in [1.807, 2.05) is 31.2 Å². The minimum absolute atomic E-state index is 0.161. The van der Waals surface area contributed by atoms with Crippen LogP contribution >= 0.6 is 11.3 Å². The van der Waals surface area contributed by atoms with Gasteiger partial charge in [0.15, 0.2) is 0 Å². The maximum atomic E-state index is 14.3. The number of hydrogen-bond donors (Lipinski definition) is 0. The van der Waals surface area contributed by atoms with E-state index in [0.717, 1.165) is 21.6 Å². The number of benzene rings is 2. The van der Waals surface area contributed by atoms with E-state index in [0.29, 0.717) is 22.4 Å². The summed E-state index contributed by atoms with van der Waals surface area (Å²) < 4.78 is 25.7. The zero-order valence-corrected chi connectivity index (χ0v) is 16.7. The lowest BCUT2D eigenvalue weighted by atomic mass is 10.1. The molecule has 0 atom stereocenters. The fraction of sp³-hybridized carbons (Fsp3) is 0.286. The normalized spacial score (nSPS) is 11.0. The molecule has 3 aromatic rings. The van der Waals surface area contributed by atoms with E-state index in [9.17, 15) is 9.18 Å². The number of halogens is 1. The maximum Gasteiger partial charge on any atom is 0.264 e. The van der Waals surface area contributed by atoms with Crippen LogP contribution in [0.25, 0.3) is 10.1 Å². The van der Waals surface area contributed by atoms with Crippen LogP contribution in [0.4, 0.5) is 4.39 Å². The number of nitrogens with zero attached hydrogens (tertiary/aromatic N) is 1. The first-order chi connectivity index (χ1) is 13.0. The summed E-state index contributed by atoms with van der Waals surface area (Å²) in [5.41, 5.74) is 2.62. The second kappa shape index (κ2) is 8.06. The third kappa shape index (κ3) is 3.82. The van der Waals surface area contributed by atoms with Crippen LogP contribution in [0.1, 0.15) is 26.4 Å². The molecule has 0 N–H and O–H groups in total. The summed E-state index contributed by atoms with van der Waals surface area (Å²) in [6.07, 6.45) is 0. The maximum absolute atomic E-state index is 14.3. The number of carbonyl (C=O) groups is 1. The highest BCUT2D eigenvalue weighted by molar-refractivity contribution is 7.21. The summed E-state index contributed by atoms with van der Waals surface area (Å²) in [6, 6.07) is 10.7. The first-order valence-electron chi connectivity index (χ1n) is 8.54. The fourth-order valence-corrected chi connectivity index (χ4v) is 4.37. The van der Waals surface area contributed by atoms with Crippen LogP contribution in [0.15, 0.2) is 36.4 Å². The molecule has 6 heteroatoms. The van der Waals surface area contributed by atoms with Gasteiger partial charge in [-0.2, -0.15) is 0 Å². The number of ether oxygens (including phenoxy) is 2. The molecule has 1 heterocycles. The minimum Gasteiger partial charge on any atom is -0.496 e. The van der Waals surface area contributed by atoms with Gasteiger partial charge in [0.2, 0.25) is 0 Å². The van der Waals surface area contributed by atoms with Crippen molar-refractivity contribution in [3.05, 3.63) is 63.8 Å². The second-order valence-corrected chi connectivity index (χ2v) is 7.48. The topological polar surface area (TPSA) is 38.8 Å². The average molecular weight is 387 g/mol. The largest absolute Gasteiger partial charge is 0.496 e. The van der Waals surface area contributed by atoms with Gasteiger partial charge in [0.05, 0.1) is 18.6 Å². The van der Waals surface area contributed by atoms with Gasteiger partial charge in [-0.3, -0.25) is 4.79 Å². The summed E-state index contributed by atoms with van der Waals surface area (Å²) in [7, 11) is 4.89. The van der Waals surface area contributed by atoms with E-state index in [1.54, 1.807) is 32.2 Å². The van der Waals surface area contributed by atoms with Crippen LogP contribution in [0.3, 0.4) is 0 Å².